The van der Waals surface area contributed by atoms with E-state index in [-0.39, 0.29) is 0 Å². The van der Waals surface area contributed by atoms with Gasteiger partial charge in [-0.1, -0.05) is 23.7 Å². The minimum atomic E-state index is -0.392. The molecule has 2 atom stereocenters. The van der Waals surface area contributed by atoms with Gasteiger partial charge in [-0.25, -0.2) is 0 Å². The molecule has 1 aromatic rings. The van der Waals surface area contributed by atoms with Crippen LogP contribution in [0.4, 0.5) is 0 Å². The van der Waals surface area contributed by atoms with E-state index in [1.54, 1.807) is 0 Å². The number of aliphatic hydroxyl groups excluding tert-OH is 1. The van der Waals surface area contributed by atoms with Crippen molar-refractivity contribution in [2.75, 3.05) is 13.6 Å². The second-order valence-corrected chi connectivity index (χ2v) is 5.85. The summed E-state index contributed by atoms with van der Waals surface area (Å²) in [6, 6.07) is 8.10. The van der Waals surface area contributed by atoms with Crippen molar-refractivity contribution in [2.45, 2.75) is 38.3 Å². The Morgan fingerprint density at radius 1 is 1.33 bits per heavy atom. The maximum atomic E-state index is 10.1. The monoisotopic (exact) mass is 267 g/mol. The Hall–Kier alpha value is -0.570. The maximum Gasteiger partial charge on any atom is 0.0802 e. The number of halogens is 1. The maximum absolute atomic E-state index is 10.1. The third-order valence-electron chi connectivity index (χ3n) is 4.01. The molecule has 0 bridgehead atoms. The van der Waals surface area contributed by atoms with Crippen LogP contribution in [0.3, 0.4) is 0 Å². The minimum absolute atomic E-state index is 0.392. The normalized spacial score (nSPS) is 18.9. The fraction of sp³-hybridized carbons (Fsp3) is 0.600. The van der Waals surface area contributed by atoms with Crippen LogP contribution in [0.15, 0.2) is 24.3 Å². The number of rotatable bonds is 6. The zero-order valence-corrected chi connectivity index (χ0v) is 11.9. The SMILES string of the molecule is CC(C1CC1)N(C)CCC(O)c1ccc(Cl)cc1. The molecule has 0 aromatic heterocycles. The molecule has 1 aliphatic carbocycles. The van der Waals surface area contributed by atoms with Crippen LogP contribution in [0.1, 0.15) is 37.9 Å². The first-order valence-corrected chi connectivity index (χ1v) is 7.09. The molecule has 18 heavy (non-hydrogen) atoms. The Morgan fingerprint density at radius 3 is 2.50 bits per heavy atom. The van der Waals surface area contributed by atoms with Crippen molar-refractivity contribution in [1.29, 1.82) is 0 Å². The van der Waals surface area contributed by atoms with E-state index in [4.69, 9.17) is 11.6 Å². The second-order valence-electron chi connectivity index (χ2n) is 5.41. The van der Waals surface area contributed by atoms with E-state index >= 15 is 0 Å². The summed E-state index contributed by atoms with van der Waals surface area (Å²) in [6.45, 7) is 3.22. The van der Waals surface area contributed by atoms with Gasteiger partial charge in [0.15, 0.2) is 0 Å². The molecule has 2 nitrogen and oxygen atoms in total. The third-order valence-corrected chi connectivity index (χ3v) is 4.26. The van der Waals surface area contributed by atoms with Crippen molar-refractivity contribution in [3.05, 3.63) is 34.9 Å². The standard InChI is InChI=1S/C15H22ClNO/c1-11(12-3-4-12)17(2)10-9-15(18)13-5-7-14(16)8-6-13/h5-8,11-12,15,18H,3-4,9-10H2,1-2H3. The number of benzene rings is 1. The summed E-state index contributed by atoms with van der Waals surface area (Å²) in [5, 5.41) is 10.8. The van der Waals surface area contributed by atoms with Gasteiger partial charge in [0.2, 0.25) is 0 Å². The van der Waals surface area contributed by atoms with Gasteiger partial charge in [-0.3, -0.25) is 0 Å². The van der Waals surface area contributed by atoms with E-state index in [1.165, 1.54) is 12.8 Å². The fourth-order valence-corrected chi connectivity index (χ4v) is 2.45. The average molecular weight is 268 g/mol. The van der Waals surface area contributed by atoms with Gasteiger partial charge >= 0.3 is 0 Å². The molecule has 100 valence electrons. The van der Waals surface area contributed by atoms with Crippen molar-refractivity contribution in [1.82, 2.24) is 4.90 Å². The number of aliphatic hydroxyl groups is 1. The van der Waals surface area contributed by atoms with Gasteiger partial charge in [-0.15, -0.1) is 0 Å². The van der Waals surface area contributed by atoms with Crippen molar-refractivity contribution >= 4 is 11.6 Å². The molecule has 1 aromatic carbocycles. The first-order valence-electron chi connectivity index (χ1n) is 6.71. The van der Waals surface area contributed by atoms with E-state index in [0.29, 0.717) is 11.1 Å². The molecule has 0 saturated heterocycles. The van der Waals surface area contributed by atoms with Crippen molar-refractivity contribution < 1.29 is 5.11 Å². The summed E-state index contributed by atoms with van der Waals surface area (Å²) in [7, 11) is 2.15. The lowest BCUT2D eigenvalue weighted by Gasteiger charge is -2.25. The summed E-state index contributed by atoms with van der Waals surface area (Å²) >= 11 is 5.84. The Bertz CT molecular complexity index is 375. The number of hydrogen-bond acceptors (Lipinski definition) is 2. The lowest BCUT2D eigenvalue weighted by atomic mass is 10.1. The summed E-state index contributed by atoms with van der Waals surface area (Å²) in [5.74, 6) is 0.877. The first-order chi connectivity index (χ1) is 8.58. The summed E-state index contributed by atoms with van der Waals surface area (Å²) in [4.78, 5) is 2.36. The third kappa shape index (κ3) is 3.71. The molecule has 1 aliphatic rings. The molecule has 0 spiro atoms. The molecule has 0 radical (unpaired) electrons. The highest BCUT2D eigenvalue weighted by Gasteiger charge is 2.30. The van der Waals surface area contributed by atoms with E-state index in [1.807, 2.05) is 24.3 Å². The van der Waals surface area contributed by atoms with Crippen LogP contribution in [0.25, 0.3) is 0 Å². The fourth-order valence-electron chi connectivity index (χ4n) is 2.32. The molecular formula is C15H22ClNO. The molecule has 0 heterocycles. The highest BCUT2D eigenvalue weighted by atomic mass is 35.5. The van der Waals surface area contributed by atoms with Crippen molar-refractivity contribution in [3.8, 4) is 0 Å². The quantitative estimate of drug-likeness (QED) is 0.853. The zero-order valence-electron chi connectivity index (χ0n) is 11.1. The highest BCUT2D eigenvalue weighted by molar-refractivity contribution is 6.30. The molecular weight excluding hydrogens is 246 g/mol. The molecule has 2 rings (SSSR count). The summed E-state index contributed by atoms with van der Waals surface area (Å²) in [6.07, 6.45) is 3.11. The second kappa shape index (κ2) is 6.05. The molecule has 0 aliphatic heterocycles. The van der Waals surface area contributed by atoms with E-state index in [0.717, 1.165) is 24.4 Å². The molecule has 0 amide bonds. The van der Waals surface area contributed by atoms with Gasteiger partial charge in [0.1, 0.15) is 0 Å². The van der Waals surface area contributed by atoms with Crippen LogP contribution in [0, 0.1) is 5.92 Å². The van der Waals surface area contributed by atoms with Gasteiger partial charge in [0.05, 0.1) is 6.10 Å². The van der Waals surface area contributed by atoms with Gasteiger partial charge in [0, 0.05) is 17.6 Å². The zero-order chi connectivity index (χ0) is 13.1. The average Bonchev–Trinajstić information content (AvgIpc) is 3.19. The highest BCUT2D eigenvalue weighted by Crippen LogP contribution is 2.34. The van der Waals surface area contributed by atoms with Crippen LogP contribution < -0.4 is 0 Å². The minimum Gasteiger partial charge on any atom is -0.388 e. The Balaban J connectivity index is 1.80. The lowest BCUT2D eigenvalue weighted by molar-refractivity contribution is 0.135. The van der Waals surface area contributed by atoms with Crippen LogP contribution in [-0.2, 0) is 0 Å². The molecule has 3 heteroatoms. The predicted molar refractivity (Wildman–Crippen MR) is 75.8 cm³/mol. The van der Waals surface area contributed by atoms with Gasteiger partial charge in [-0.05, 0) is 56.8 Å². The van der Waals surface area contributed by atoms with Crippen molar-refractivity contribution in [2.24, 2.45) is 5.92 Å². The van der Waals surface area contributed by atoms with Crippen LogP contribution in [0.2, 0.25) is 5.02 Å². The summed E-state index contributed by atoms with van der Waals surface area (Å²) < 4.78 is 0. The van der Waals surface area contributed by atoms with Gasteiger partial charge < -0.3 is 10.0 Å². The van der Waals surface area contributed by atoms with Crippen LogP contribution in [0.5, 0.6) is 0 Å². The van der Waals surface area contributed by atoms with Gasteiger partial charge in [0.25, 0.3) is 0 Å². The smallest absolute Gasteiger partial charge is 0.0802 e. The van der Waals surface area contributed by atoms with E-state index in [2.05, 4.69) is 18.9 Å². The molecule has 1 fully saturated rings. The summed E-state index contributed by atoms with van der Waals surface area (Å²) in [5.41, 5.74) is 0.951. The first kappa shape index (κ1) is 13.9. The largest absolute Gasteiger partial charge is 0.388 e. The number of nitrogens with zero attached hydrogens (tertiary/aromatic N) is 1. The number of hydrogen-bond donors (Lipinski definition) is 1. The Kier molecular flexibility index (Phi) is 4.66. The van der Waals surface area contributed by atoms with Gasteiger partial charge in [-0.2, -0.15) is 0 Å². The Morgan fingerprint density at radius 2 is 1.94 bits per heavy atom. The van der Waals surface area contributed by atoms with E-state index < -0.39 is 6.10 Å². The van der Waals surface area contributed by atoms with Crippen molar-refractivity contribution in [3.63, 3.8) is 0 Å². The molecule has 1 N–H and O–H groups in total. The predicted octanol–water partition coefficient (Wildman–Crippen LogP) is 3.49. The molecule has 2 unspecified atom stereocenters. The molecule has 1 saturated carbocycles. The lowest BCUT2D eigenvalue weighted by Crippen LogP contribution is -2.32. The Labute approximate surface area is 115 Å². The van der Waals surface area contributed by atoms with Crippen LogP contribution >= 0.6 is 11.6 Å². The van der Waals surface area contributed by atoms with E-state index in [9.17, 15) is 5.11 Å². The van der Waals surface area contributed by atoms with Crippen LogP contribution in [-0.4, -0.2) is 29.6 Å². The topological polar surface area (TPSA) is 23.5 Å².